The first kappa shape index (κ1) is 15.9. The standard InChI is InChI=1S/C14H31NO/c1-7-8-9-10-16-12-14(5,6)11-15-13(2,3)4/h15H,7-12H2,1-6H3. The summed E-state index contributed by atoms with van der Waals surface area (Å²) in [5, 5.41) is 3.53. The SMILES string of the molecule is CCCCCOCC(C)(C)CNC(C)(C)C. The van der Waals surface area contributed by atoms with Crippen LogP contribution in [-0.4, -0.2) is 25.3 Å². The molecule has 16 heavy (non-hydrogen) atoms. The van der Waals surface area contributed by atoms with Gasteiger partial charge in [0, 0.05) is 24.1 Å². The minimum atomic E-state index is 0.194. The van der Waals surface area contributed by atoms with E-state index in [4.69, 9.17) is 4.74 Å². The van der Waals surface area contributed by atoms with Crippen molar-refractivity contribution in [2.24, 2.45) is 5.41 Å². The fraction of sp³-hybridized carbons (Fsp3) is 1.00. The maximum absolute atomic E-state index is 5.73. The van der Waals surface area contributed by atoms with E-state index in [9.17, 15) is 0 Å². The molecular formula is C14H31NO. The molecule has 2 heteroatoms. The number of hydrogen-bond donors (Lipinski definition) is 1. The van der Waals surface area contributed by atoms with Crippen LogP contribution in [0, 0.1) is 5.41 Å². The molecule has 98 valence electrons. The van der Waals surface area contributed by atoms with Crippen molar-refractivity contribution in [2.75, 3.05) is 19.8 Å². The molecule has 0 aromatic rings. The second-order valence-corrected chi connectivity index (χ2v) is 6.53. The number of hydrogen-bond acceptors (Lipinski definition) is 2. The van der Waals surface area contributed by atoms with Gasteiger partial charge in [0.1, 0.15) is 0 Å². The zero-order valence-electron chi connectivity index (χ0n) is 12.2. The van der Waals surface area contributed by atoms with Crippen LogP contribution in [0.5, 0.6) is 0 Å². The molecule has 0 bridgehead atoms. The number of ether oxygens (including phenoxy) is 1. The van der Waals surface area contributed by atoms with Gasteiger partial charge in [0.2, 0.25) is 0 Å². The van der Waals surface area contributed by atoms with E-state index >= 15 is 0 Å². The molecule has 0 heterocycles. The van der Waals surface area contributed by atoms with Gasteiger partial charge in [-0.1, -0.05) is 33.6 Å². The minimum Gasteiger partial charge on any atom is -0.381 e. The normalized spacial score (nSPS) is 13.1. The summed E-state index contributed by atoms with van der Waals surface area (Å²) in [5.41, 5.74) is 0.416. The predicted molar refractivity (Wildman–Crippen MR) is 71.9 cm³/mol. The fourth-order valence-corrected chi connectivity index (χ4v) is 1.36. The summed E-state index contributed by atoms with van der Waals surface area (Å²) in [6.45, 7) is 16.1. The summed E-state index contributed by atoms with van der Waals surface area (Å²) in [6.07, 6.45) is 3.73. The lowest BCUT2D eigenvalue weighted by Crippen LogP contribution is -2.43. The number of unbranched alkanes of at least 4 members (excludes halogenated alkanes) is 2. The highest BCUT2D eigenvalue weighted by Gasteiger charge is 2.20. The van der Waals surface area contributed by atoms with Crippen molar-refractivity contribution < 1.29 is 4.74 Å². The van der Waals surface area contributed by atoms with Gasteiger partial charge in [0.15, 0.2) is 0 Å². The Morgan fingerprint density at radius 2 is 1.62 bits per heavy atom. The third-order valence-electron chi connectivity index (χ3n) is 2.48. The first-order valence-corrected chi connectivity index (χ1v) is 6.60. The van der Waals surface area contributed by atoms with Crippen LogP contribution >= 0.6 is 0 Å². The third-order valence-corrected chi connectivity index (χ3v) is 2.48. The quantitative estimate of drug-likeness (QED) is 0.642. The Morgan fingerprint density at radius 1 is 1.00 bits per heavy atom. The number of nitrogens with one attached hydrogen (secondary N) is 1. The van der Waals surface area contributed by atoms with E-state index in [1.807, 2.05) is 0 Å². The predicted octanol–water partition coefficient (Wildman–Crippen LogP) is 3.61. The summed E-state index contributed by atoms with van der Waals surface area (Å²) in [4.78, 5) is 0. The number of rotatable bonds is 8. The van der Waals surface area contributed by atoms with Gasteiger partial charge >= 0.3 is 0 Å². The van der Waals surface area contributed by atoms with Gasteiger partial charge in [-0.2, -0.15) is 0 Å². The first-order chi connectivity index (χ1) is 7.27. The first-order valence-electron chi connectivity index (χ1n) is 6.60. The Labute approximate surface area is 102 Å². The highest BCUT2D eigenvalue weighted by atomic mass is 16.5. The van der Waals surface area contributed by atoms with Crippen molar-refractivity contribution in [3.8, 4) is 0 Å². The van der Waals surface area contributed by atoms with E-state index in [0.29, 0.717) is 0 Å². The zero-order chi connectivity index (χ0) is 12.7. The molecule has 0 aromatic heterocycles. The van der Waals surface area contributed by atoms with Gasteiger partial charge in [-0.05, 0) is 27.2 Å². The van der Waals surface area contributed by atoms with Crippen LogP contribution in [0.15, 0.2) is 0 Å². The molecular weight excluding hydrogens is 198 g/mol. The lowest BCUT2D eigenvalue weighted by atomic mass is 9.93. The van der Waals surface area contributed by atoms with E-state index in [2.05, 4.69) is 46.9 Å². The maximum Gasteiger partial charge on any atom is 0.0529 e. The maximum atomic E-state index is 5.73. The lowest BCUT2D eigenvalue weighted by Gasteiger charge is -2.30. The highest BCUT2D eigenvalue weighted by Crippen LogP contribution is 2.16. The van der Waals surface area contributed by atoms with Crippen molar-refractivity contribution in [1.29, 1.82) is 0 Å². The highest BCUT2D eigenvalue weighted by molar-refractivity contribution is 4.77. The van der Waals surface area contributed by atoms with Gasteiger partial charge in [-0.3, -0.25) is 0 Å². The third kappa shape index (κ3) is 10.4. The summed E-state index contributed by atoms with van der Waals surface area (Å²) in [7, 11) is 0. The van der Waals surface area contributed by atoms with Gasteiger partial charge in [0.25, 0.3) is 0 Å². The van der Waals surface area contributed by atoms with Crippen LogP contribution < -0.4 is 5.32 Å². The Bertz CT molecular complexity index is 170. The van der Waals surface area contributed by atoms with Crippen molar-refractivity contribution in [2.45, 2.75) is 66.3 Å². The molecule has 0 spiro atoms. The van der Waals surface area contributed by atoms with Crippen molar-refractivity contribution in [3.05, 3.63) is 0 Å². The average molecular weight is 229 g/mol. The monoisotopic (exact) mass is 229 g/mol. The largest absolute Gasteiger partial charge is 0.381 e. The molecule has 0 aliphatic heterocycles. The molecule has 0 radical (unpaired) electrons. The Balaban J connectivity index is 3.62. The van der Waals surface area contributed by atoms with Crippen molar-refractivity contribution >= 4 is 0 Å². The van der Waals surface area contributed by atoms with Gasteiger partial charge < -0.3 is 10.1 Å². The van der Waals surface area contributed by atoms with Gasteiger partial charge in [-0.25, -0.2) is 0 Å². The summed E-state index contributed by atoms with van der Waals surface area (Å²) in [6, 6.07) is 0. The average Bonchev–Trinajstić information content (AvgIpc) is 2.14. The Morgan fingerprint density at radius 3 is 2.12 bits per heavy atom. The van der Waals surface area contributed by atoms with Crippen LogP contribution in [0.3, 0.4) is 0 Å². The second kappa shape index (κ2) is 7.29. The zero-order valence-corrected chi connectivity index (χ0v) is 12.2. The molecule has 0 aliphatic carbocycles. The topological polar surface area (TPSA) is 21.3 Å². The van der Waals surface area contributed by atoms with Crippen LogP contribution in [-0.2, 0) is 4.74 Å². The lowest BCUT2D eigenvalue weighted by molar-refractivity contribution is 0.0567. The molecule has 0 aromatic carbocycles. The molecule has 2 nitrogen and oxygen atoms in total. The van der Waals surface area contributed by atoms with E-state index in [0.717, 1.165) is 19.8 Å². The Hall–Kier alpha value is -0.0800. The molecule has 0 rings (SSSR count). The molecule has 0 unspecified atom stereocenters. The minimum absolute atomic E-state index is 0.194. The molecule has 0 aliphatic rings. The van der Waals surface area contributed by atoms with E-state index in [1.165, 1.54) is 19.3 Å². The molecule has 0 amide bonds. The van der Waals surface area contributed by atoms with Crippen LogP contribution in [0.25, 0.3) is 0 Å². The second-order valence-electron chi connectivity index (χ2n) is 6.53. The molecule has 0 saturated heterocycles. The molecule has 0 atom stereocenters. The van der Waals surface area contributed by atoms with E-state index in [-0.39, 0.29) is 11.0 Å². The fourth-order valence-electron chi connectivity index (χ4n) is 1.36. The Kier molecular flexibility index (Phi) is 7.25. The van der Waals surface area contributed by atoms with Crippen LogP contribution in [0.2, 0.25) is 0 Å². The van der Waals surface area contributed by atoms with Crippen LogP contribution in [0.4, 0.5) is 0 Å². The van der Waals surface area contributed by atoms with Gasteiger partial charge in [0.05, 0.1) is 6.61 Å². The summed E-state index contributed by atoms with van der Waals surface area (Å²) < 4.78 is 5.73. The molecule has 1 N–H and O–H groups in total. The summed E-state index contributed by atoms with van der Waals surface area (Å²) in [5.74, 6) is 0. The van der Waals surface area contributed by atoms with Crippen molar-refractivity contribution in [1.82, 2.24) is 5.32 Å². The van der Waals surface area contributed by atoms with Crippen LogP contribution in [0.1, 0.15) is 60.8 Å². The van der Waals surface area contributed by atoms with Gasteiger partial charge in [-0.15, -0.1) is 0 Å². The molecule has 0 fully saturated rings. The smallest absolute Gasteiger partial charge is 0.0529 e. The van der Waals surface area contributed by atoms with E-state index in [1.54, 1.807) is 0 Å². The van der Waals surface area contributed by atoms with E-state index < -0.39 is 0 Å². The summed E-state index contributed by atoms with van der Waals surface area (Å²) >= 11 is 0. The van der Waals surface area contributed by atoms with Crippen molar-refractivity contribution in [3.63, 3.8) is 0 Å². The molecule has 0 saturated carbocycles.